The van der Waals surface area contributed by atoms with Gasteiger partial charge in [0.2, 0.25) is 5.91 Å². The molecule has 1 amide bonds. The molecule has 0 fully saturated rings. The van der Waals surface area contributed by atoms with E-state index in [9.17, 15) is 4.79 Å². The molecule has 0 saturated heterocycles. The van der Waals surface area contributed by atoms with Crippen molar-refractivity contribution in [1.29, 1.82) is 0 Å². The largest absolute Gasteiger partial charge is 0.340 e. The predicted molar refractivity (Wildman–Crippen MR) is 50.7 cm³/mol. The second-order valence-corrected chi connectivity index (χ2v) is 2.63. The van der Waals surface area contributed by atoms with Crippen molar-refractivity contribution in [2.75, 3.05) is 13.2 Å². The van der Waals surface area contributed by atoms with Crippen LogP contribution in [0.4, 0.5) is 0 Å². The van der Waals surface area contributed by atoms with Gasteiger partial charge in [-0.15, -0.1) is 0 Å². The van der Waals surface area contributed by atoms with Crippen LogP contribution in [-0.4, -0.2) is 19.1 Å². The Balaban J connectivity index is 3.00. The van der Waals surface area contributed by atoms with Crippen LogP contribution in [-0.2, 0) is 4.79 Å². The number of hydrogen-bond donors (Lipinski definition) is 2. The van der Waals surface area contributed by atoms with E-state index in [0.717, 1.165) is 6.54 Å². The van der Waals surface area contributed by atoms with E-state index in [1.165, 1.54) is 25.3 Å². The van der Waals surface area contributed by atoms with E-state index in [2.05, 4.69) is 24.1 Å². The first kappa shape index (κ1) is 11.2. The standard InChI is InChI=1S/C9H18N2O/c1-3-5-6-7-10-8-11-9(12)4-2/h4,10H,2-3,5-8H2,1H3,(H,11,12). The van der Waals surface area contributed by atoms with Crippen LogP contribution in [0.15, 0.2) is 12.7 Å². The van der Waals surface area contributed by atoms with E-state index < -0.39 is 0 Å². The molecule has 0 bridgehead atoms. The van der Waals surface area contributed by atoms with Gasteiger partial charge in [0.05, 0.1) is 6.67 Å². The van der Waals surface area contributed by atoms with Gasteiger partial charge in [-0.2, -0.15) is 0 Å². The third-order valence-electron chi connectivity index (χ3n) is 1.53. The molecular formula is C9H18N2O. The molecule has 0 atom stereocenters. The van der Waals surface area contributed by atoms with Gasteiger partial charge in [0.25, 0.3) is 0 Å². The van der Waals surface area contributed by atoms with Gasteiger partial charge in [0.15, 0.2) is 0 Å². The van der Waals surface area contributed by atoms with Gasteiger partial charge >= 0.3 is 0 Å². The Bertz CT molecular complexity index is 134. The number of carbonyl (C=O) groups is 1. The summed E-state index contributed by atoms with van der Waals surface area (Å²) in [5, 5.41) is 5.75. The van der Waals surface area contributed by atoms with Crippen LogP contribution < -0.4 is 10.6 Å². The van der Waals surface area contributed by atoms with Crippen LogP contribution in [0.3, 0.4) is 0 Å². The third kappa shape index (κ3) is 7.28. The minimum atomic E-state index is -0.127. The van der Waals surface area contributed by atoms with Crippen molar-refractivity contribution in [2.24, 2.45) is 0 Å². The van der Waals surface area contributed by atoms with Crippen molar-refractivity contribution in [3.05, 3.63) is 12.7 Å². The molecule has 0 radical (unpaired) electrons. The molecule has 0 aromatic rings. The van der Waals surface area contributed by atoms with Gasteiger partial charge in [-0.25, -0.2) is 0 Å². The maximum absolute atomic E-state index is 10.6. The Morgan fingerprint density at radius 3 is 2.83 bits per heavy atom. The Morgan fingerprint density at radius 1 is 1.50 bits per heavy atom. The van der Waals surface area contributed by atoms with E-state index in [-0.39, 0.29) is 5.91 Å². The molecule has 0 aromatic heterocycles. The van der Waals surface area contributed by atoms with Gasteiger partial charge < -0.3 is 5.32 Å². The Morgan fingerprint density at radius 2 is 2.25 bits per heavy atom. The summed E-state index contributed by atoms with van der Waals surface area (Å²) in [6.45, 7) is 7.02. The van der Waals surface area contributed by atoms with Gasteiger partial charge in [-0.05, 0) is 19.0 Å². The number of amides is 1. The van der Waals surface area contributed by atoms with Gasteiger partial charge in [-0.3, -0.25) is 10.1 Å². The van der Waals surface area contributed by atoms with E-state index in [1.54, 1.807) is 0 Å². The van der Waals surface area contributed by atoms with E-state index in [4.69, 9.17) is 0 Å². The lowest BCUT2D eigenvalue weighted by molar-refractivity contribution is -0.116. The van der Waals surface area contributed by atoms with Crippen LogP contribution >= 0.6 is 0 Å². The molecule has 0 heterocycles. The topological polar surface area (TPSA) is 41.1 Å². The average Bonchev–Trinajstić information content (AvgIpc) is 2.10. The zero-order valence-corrected chi connectivity index (χ0v) is 7.73. The van der Waals surface area contributed by atoms with Crippen molar-refractivity contribution >= 4 is 5.91 Å². The molecule has 0 saturated carbocycles. The molecule has 3 heteroatoms. The number of unbranched alkanes of at least 4 members (excludes halogenated alkanes) is 2. The summed E-state index contributed by atoms with van der Waals surface area (Å²) in [4.78, 5) is 10.6. The van der Waals surface area contributed by atoms with Crippen LogP contribution in [0, 0.1) is 0 Å². The monoisotopic (exact) mass is 170 g/mol. The minimum absolute atomic E-state index is 0.127. The zero-order chi connectivity index (χ0) is 9.23. The summed E-state index contributed by atoms with van der Waals surface area (Å²) in [6.07, 6.45) is 4.90. The fourth-order valence-electron chi connectivity index (χ4n) is 0.810. The van der Waals surface area contributed by atoms with E-state index in [0.29, 0.717) is 6.67 Å². The first-order chi connectivity index (χ1) is 5.81. The summed E-state index contributed by atoms with van der Waals surface area (Å²) in [7, 11) is 0. The van der Waals surface area contributed by atoms with Crippen molar-refractivity contribution in [2.45, 2.75) is 26.2 Å². The second-order valence-electron chi connectivity index (χ2n) is 2.63. The normalized spacial score (nSPS) is 9.42. The highest BCUT2D eigenvalue weighted by atomic mass is 16.1. The lowest BCUT2D eigenvalue weighted by atomic mass is 10.2. The fourth-order valence-corrected chi connectivity index (χ4v) is 0.810. The molecule has 0 aliphatic rings. The summed E-state index contributed by atoms with van der Waals surface area (Å²) in [6, 6.07) is 0. The zero-order valence-electron chi connectivity index (χ0n) is 7.73. The Hall–Kier alpha value is -0.830. The maximum Gasteiger partial charge on any atom is 0.244 e. The second kappa shape index (κ2) is 8.27. The van der Waals surface area contributed by atoms with Crippen LogP contribution in [0.25, 0.3) is 0 Å². The molecule has 70 valence electrons. The fraction of sp³-hybridized carbons (Fsp3) is 0.667. The summed E-state index contributed by atoms with van der Waals surface area (Å²) >= 11 is 0. The molecule has 0 rings (SSSR count). The highest BCUT2D eigenvalue weighted by molar-refractivity contribution is 5.86. The molecule has 12 heavy (non-hydrogen) atoms. The Labute approximate surface area is 74.2 Å². The minimum Gasteiger partial charge on any atom is -0.340 e. The van der Waals surface area contributed by atoms with Gasteiger partial charge in [-0.1, -0.05) is 26.3 Å². The van der Waals surface area contributed by atoms with Crippen LogP contribution in [0.5, 0.6) is 0 Å². The third-order valence-corrected chi connectivity index (χ3v) is 1.53. The lowest BCUT2D eigenvalue weighted by Gasteiger charge is -2.03. The first-order valence-corrected chi connectivity index (χ1v) is 4.42. The summed E-state index contributed by atoms with van der Waals surface area (Å²) < 4.78 is 0. The first-order valence-electron chi connectivity index (χ1n) is 4.42. The summed E-state index contributed by atoms with van der Waals surface area (Å²) in [5.41, 5.74) is 0. The number of hydrogen-bond acceptors (Lipinski definition) is 2. The van der Waals surface area contributed by atoms with Crippen molar-refractivity contribution < 1.29 is 4.79 Å². The molecule has 0 aliphatic heterocycles. The maximum atomic E-state index is 10.6. The van der Waals surface area contributed by atoms with Crippen LogP contribution in [0.1, 0.15) is 26.2 Å². The van der Waals surface area contributed by atoms with Crippen LogP contribution in [0.2, 0.25) is 0 Å². The molecular weight excluding hydrogens is 152 g/mol. The smallest absolute Gasteiger partial charge is 0.244 e. The number of rotatable bonds is 7. The highest BCUT2D eigenvalue weighted by Gasteiger charge is 1.90. The number of carbonyl (C=O) groups excluding carboxylic acids is 1. The average molecular weight is 170 g/mol. The molecule has 0 spiro atoms. The predicted octanol–water partition coefficient (Wildman–Crippen LogP) is 1.03. The number of nitrogens with one attached hydrogen (secondary N) is 2. The SMILES string of the molecule is C=CC(=O)NCNCCCCC. The van der Waals surface area contributed by atoms with E-state index in [1.807, 2.05) is 0 Å². The van der Waals surface area contributed by atoms with Crippen molar-refractivity contribution in [3.8, 4) is 0 Å². The molecule has 0 aromatic carbocycles. The van der Waals surface area contributed by atoms with Crippen molar-refractivity contribution in [1.82, 2.24) is 10.6 Å². The van der Waals surface area contributed by atoms with Crippen molar-refractivity contribution in [3.63, 3.8) is 0 Å². The summed E-state index contributed by atoms with van der Waals surface area (Å²) in [5.74, 6) is -0.127. The molecule has 0 aliphatic carbocycles. The quantitative estimate of drug-likeness (QED) is 0.340. The molecule has 3 nitrogen and oxygen atoms in total. The molecule has 2 N–H and O–H groups in total. The molecule has 0 unspecified atom stereocenters. The highest BCUT2D eigenvalue weighted by Crippen LogP contribution is 1.90. The van der Waals surface area contributed by atoms with Gasteiger partial charge in [0.1, 0.15) is 0 Å². The van der Waals surface area contributed by atoms with E-state index >= 15 is 0 Å². The van der Waals surface area contributed by atoms with Gasteiger partial charge in [0, 0.05) is 0 Å². The Kier molecular flexibility index (Phi) is 7.70. The lowest BCUT2D eigenvalue weighted by Crippen LogP contribution is -2.33.